The lowest BCUT2D eigenvalue weighted by Gasteiger charge is -2.44. The quantitative estimate of drug-likeness (QED) is 0.792. The van der Waals surface area contributed by atoms with E-state index in [2.05, 4.69) is 9.64 Å². The maximum atomic E-state index is 11.3. The molecule has 2 aliphatic rings. The van der Waals surface area contributed by atoms with Gasteiger partial charge in [-0.1, -0.05) is 19.3 Å². The number of nitrogens with two attached hydrogens (primary N) is 1. The average Bonchev–Trinajstić information content (AvgIpc) is 2.46. The molecule has 4 heteroatoms. The molecular weight excluding hydrogens is 240 g/mol. The molecular formula is C15H28N2O2. The van der Waals surface area contributed by atoms with Crippen molar-refractivity contribution in [3.05, 3.63) is 0 Å². The van der Waals surface area contributed by atoms with Crippen molar-refractivity contribution in [3.63, 3.8) is 0 Å². The van der Waals surface area contributed by atoms with Gasteiger partial charge in [-0.3, -0.25) is 4.79 Å². The van der Waals surface area contributed by atoms with Gasteiger partial charge in [-0.25, -0.2) is 0 Å². The highest BCUT2D eigenvalue weighted by Gasteiger charge is 2.35. The monoisotopic (exact) mass is 268 g/mol. The largest absolute Gasteiger partial charge is 0.468 e. The SMILES string of the molecule is COC(=O)C(N)CCN1CCC2(CCCCC2)CC1. The zero-order valence-corrected chi connectivity index (χ0v) is 12.2. The zero-order valence-electron chi connectivity index (χ0n) is 12.2. The Balaban J connectivity index is 1.70. The minimum absolute atomic E-state index is 0.291. The molecule has 1 heterocycles. The maximum absolute atomic E-state index is 11.3. The molecule has 1 aliphatic heterocycles. The molecule has 1 aliphatic carbocycles. The maximum Gasteiger partial charge on any atom is 0.322 e. The highest BCUT2D eigenvalue weighted by molar-refractivity contribution is 5.75. The van der Waals surface area contributed by atoms with Gasteiger partial charge in [-0.05, 0) is 50.6 Å². The van der Waals surface area contributed by atoms with E-state index in [-0.39, 0.29) is 5.97 Å². The predicted molar refractivity (Wildman–Crippen MR) is 75.8 cm³/mol. The van der Waals surface area contributed by atoms with Crippen molar-refractivity contribution in [2.24, 2.45) is 11.1 Å². The third-order valence-electron chi connectivity index (χ3n) is 5.09. The van der Waals surface area contributed by atoms with Crippen molar-refractivity contribution < 1.29 is 9.53 Å². The number of piperidine rings is 1. The number of rotatable bonds is 4. The smallest absolute Gasteiger partial charge is 0.322 e. The molecule has 0 aromatic carbocycles. The van der Waals surface area contributed by atoms with Gasteiger partial charge in [0, 0.05) is 6.54 Å². The summed E-state index contributed by atoms with van der Waals surface area (Å²) in [5.74, 6) is -0.291. The highest BCUT2D eigenvalue weighted by Crippen LogP contribution is 2.44. The summed E-state index contributed by atoms with van der Waals surface area (Å²) in [5.41, 5.74) is 6.43. The molecule has 2 fully saturated rings. The second kappa shape index (κ2) is 6.71. The molecule has 110 valence electrons. The Morgan fingerprint density at radius 1 is 1.21 bits per heavy atom. The first-order valence-corrected chi connectivity index (χ1v) is 7.71. The van der Waals surface area contributed by atoms with Gasteiger partial charge < -0.3 is 15.4 Å². The summed E-state index contributed by atoms with van der Waals surface area (Å²) in [7, 11) is 1.40. The van der Waals surface area contributed by atoms with Gasteiger partial charge in [-0.2, -0.15) is 0 Å². The van der Waals surface area contributed by atoms with Crippen LogP contribution in [0.2, 0.25) is 0 Å². The number of carbonyl (C=O) groups excluding carboxylic acids is 1. The van der Waals surface area contributed by atoms with Crippen LogP contribution in [0.15, 0.2) is 0 Å². The van der Waals surface area contributed by atoms with E-state index in [1.807, 2.05) is 0 Å². The topological polar surface area (TPSA) is 55.6 Å². The summed E-state index contributed by atoms with van der Waals surface area (Å²) >= 11 is 0. The molecule has 19 heavy (non-hydrogen) atoms. The molecule has 0 radical (unpaired) electrons. The van der Waals surface area contributed by atoms with Crippen LogP contribution >= 0.6 is 0 Å². The Bertz CT molecular complexity index is 291. The van der Waals surface area contributed by atoms with E-state index in [0.717, 1.165) is 6.54 Å². The number of likely N-dealkylation sites (tertiary alicyclic amines) is 1. The summed E-state index contributed by atoms with van der Waals surface area (Å²) in [6.45, 7) is 3.27. The second-order valence-corrected chi connectivity index (χ2v) is 6.32. The van der Waals surface area contributed by atoms with Crippen molar-refractivity contribution in [2.45, 2.75) is 57.4 Å². The molecule has 1 saturated heterocycles. The molecule has 0 aromatic rings. The van der Waals surface area contributed by atoms with Crippen LogP contribution < -0.4 is 5.73 Å². The predicted octanol–water partition coefficient (Wildman–Crippen LogP) is 1.92. The molecule has 0 amide bonds. The molecule has 2 N–H and O–H groups in total. The number of nitrogens with zero attached hydrogens (tertiary/aromatic N) is 1. The zero-order chi connectivity index (χ0) is 13.7. The molecule has 1 spiro atoms. The number of hydrogen-bond donors (Lipinski definition) is 1. The number of methoxy groups -OCH3 is 1. The van der Waals surface area contributed by atoms with Gasteiger partial charge in [-0.15, -0.1) is 0 Å². The van der Waals surface area contributed by atoms with E-state index < -0.39 is 6.04 Å². The molecule has 1 unspecified atom stereocenters. The fourth-order valence-electron chi connectivity index (χ4n) is 3.64. The standard InChI is InChI=1S/C15H28N2O2/c1-19-14(18)13(16)5-10-17-11-8-15(9-12-17)6-3-2-4-7-15/h13H,2-12,16H2,1H3. The fourth-order valence-corrected chi connectivity index (χ4v) is 3.64. The summed E-state index contributed by atoms with van der Waals surface area (Å²) in [6.07, 6.45) is 10.5. The van der Waals surface area contributed by atoms with Gasteiger partial charge in [0.1, 0.15) is 6.04 Å². The Labute approximate surface area is 116 Å². The lowest BCUT2D eigenvalue weighted by molar-refractivity contribution is -0.142. The highest BCUT2D eigenvalue weighted by atomic mass is 16.5. The molecule has 2 rings (SSSR count). The number of ether oxygens (including phenoxy) is 1. The third-order valence-corrected chi connectivity index (χ3v) is 5.09. The minimum Gasteiger partial charge on any atom is -0.468 e. The van der Waals surface area contributed by atoms with Crippen molar-refractivity contribution in [1.82, 2.24) is 4.90 Å². The van der Waals surface area contributed by atoms with Gasteiger partial charge in [0.15, 0.2) is 0 Å². The van der Waals surface area contributed by atoms with Gasteiger partial charge >= 0.3 is 5.97 Å². The first kappa shape index (κ1) is 14.8. The summed E-state index contributed by atoms with van der Waals surface area (Å²) < 4.78 is 4.66. The van der Waals surface area contributed by atoms with Crippen LogP contribution in [0.1, 0.15) is 51.4 Å². The Morgan fingerprint density at radius 2 is 1.84 bits per heavy atom. The number of carbonyl (C=O) groups is 1. The van der Waals surface area contributed by atoms with E-state index in [4.69, 9.17) is 5.73 Å². The van der Waals surface area contributed by atoms with Crippen molar-refractivity contribution in [3.8, 4) is 0 Å². The van der Waals surface area contributed by atoms with E-state index in [0.29, 0.717) is 11.8 Å². The first-order chi connectivity index (χ1) is 9.15. The van der Waals surface area contributed by atoms with Crippen molar-refractivity contribution in [2.75, 3.05) is 26.7 Å². The third kappa shape index (κ3) is 3.93. The van der Waals surface area contributed by atoms with Crippen LogP contribution in [0.3, 0.4) is 0 Å². The molecule has 0 bridgehead atoms. The number of esters is 1. The van der Waals surface area contributed by atoms with E-state index in [1.165, 1.54) is 65.1 Å². The van der Waals surface area contributed by atoms with Crippen LogP contribution in [-0.4, -0.2) is 43.7 Å². The normalized spacial score (nSPS) is 25.2. The summed E-state index contributed by atoms with van der Waals surface area (Å²) in [6, 6.07) is -0.462. The minimum atomic E-state index is -0.462. The molecule has 0 aromatic heterocycles. The molecule has 1 saturated carbocycles. The lowest BCUT2D eigenvalue weighted by Crippen LogP contribution is -2.43. The van der Waals surface area contributed by atoms with Crippen LogP contribution in [0.4, 0.5) is 0 Å². The van der Waals surface area contributed by atoms with Gasteiger partial charge in [0.25, 0.3) is 0 Å². The Hall–Kier alpha value is -0.610. The van der Waals surface area contributed by atoms with Crippen molar-refractivity contribution in [1.29, 1.82) is 0 Å². The van der Waals surface area contributed by atoms with E-state index in [1.54, 1.807) is 0 Å². The van der Waals surface area contributed by atoms with Crippen LogP contribution in [0, 0.1) is 5.41 Å². The average molecular weight is 268 g/mol. The van der Waals surface area contributed by atoms with Crippen molar-refractivity contribution >= 4 is 5.97 Å². The van der Waals surface area contributed by atoms with E-state index >= 15 is 0 Å². The lowest BCUT2D eigenvalue weighted by atomic mass is 9.68. The summed E-state index contributed by atoms with van der Waals surface area (Å²) in [5, 5.41) is 0. The second-order valence-electron chi connectivity index (χ2n) is 6.32. The Kier molecular flexibility index (Phi) is 5.22. The van der Waals surface area contributed by atoms with Gasteiger partial charge in [0.05, 0.1) is 7.11 Å². The first-order valence-electron chi connectivity index (χ1n) is 7.71. The fraction of sp³-hybridized carbons (Fsp3) is 0.933. The van der Waals surface area contributed by atoms with Crippen LogP contribution in [0.5, 0.6) is 0 Å². The molecule has 4 nitrogen and oxygen atoms in total. The number of hydrogen-bond acceptors (Lipinski definition) is 4. The van der Waals surface area contributed by atoms with Crippen LogP contribution in [-0.2, 0) is 9.53 Å². The molecule has 1 atom stereocenters. The van der Waals surface area contributed by atoms with Crippen LogP contribution in [0.25, 0.3) is 0 Å². The van der Waals surface area contributed by atoms with E-state index in [9.17, 15) is 4.79 Å². The Morgan fingerprint density at radius 3 is 2.42 bits per heavy atom. The van der Waals surface area contributed by atoms with Gasteiger partial charge in [0.2, 0.25) is 0 Å². The summed E-state index contributed by atoms with van der Waals surface area (Å²) in [4.78, 5) is 13.7.